The van der Waals surface area contributed by atoms with Crippen molar-refractivity contribution in [1.29, 1.82) is 0 Å². The van der Waals surface area contributed by atoms with Crippen LogP contribution in [0.2, 0.25) is 0 Å². The number of allylic oxidation sites excluding steroid dienone is 4. The van der Waals surface area contributed by atoms with E-state index in [1.165, 1.54) is 18.8 Å². The Morgan fingerprint density at radius 2 is 2.08 bits per heavy atom. The van der Waals surface area contributed by atoms with Gasteiger partial charge in [-0.2, -0.15) is 0 Å². The van der Waals surface area contributed by atoms with Crippen LogP contribution in [0.4, 0.5) is 0 Å². The summed E-state index contributed by atoms with van der Waals surface area (Å²) >= 11 is 0. The van der Waals surface area contributed by atoms with Gasteiger partial charge in [-0.25, -0.2) is 0 Å². The third-order valence-electron chi connectivity index (χ3n) is 2.16. The van der Waals surface area contributed by atoms with Crippen LogP contribution in [0.1, 0.15) is 20.8 Å². The van der Waals surface area contributed by atoms with Crippen molar-refractivity contribution in [2.75, 3.05) is 13.1 Å². The first-order valence-electron chi connectivity index (χ1n) is 4.88. The number of rotatable bonds is 3. The standard InChI is InChI=1S/C12H19N/c1-5-6-12(7-10(2)3)13-8-11(4)9-13/h5-7,11H,2,8-9H2,1,3-4H3/b6-5-,12-7+. The molecular weight excluding hydrogens is 158 g/mol. The van der Waals surface area contributed by atoms with Crippen LogP contribution in [0.3, 0.4) is 0 Å². The minimum atomic E-state index is 0.846. The summed E-state index contributed by atoms with van der Waals surface area (Å²) in [6.07, 6.45) is 6.38. The van der Waals surface area contributed by atoms with E-state index in [4.69, 9.17) is 0 Å². The predicted octanol–water partition coefficient (Wildman–Crippen LogP) is 2.97. The highest BCUT2D eigenvalue weighted by atomic mass is 15.2. The summed E-state index contributed by atoms with van der Waals surface area (Å²) in [7, 11) is 0. The number of likely N-dealkylation sites (tertiary alicyclic amines) is 1. The van der Waals surface area contributed by atoms with Gasteiger partial charge in [0.15, 0.2) is 0 Å². The molecule has 13 heavy (non-hydrogen) atoms. The maximum Gasteiger partial charge on any atom is 0.0365 e. The van der Waals surface area contributed by atoms with Crippen molar-refractivity contribution in [3.05, 3.63) is 36.1 Å². The summed E-state index contributed by atoms with van der Waals surface area (Å²) < 4.78 is 0. The highest BCUT2D eigenvalue weighted by molar-refractivity contribution is 5.27. The molecule has 0 unspecified atom stereocenters. The molecule has 1 rings (SSSR count). The fourth-order valence-electron chi connectivity index (χ4n) is 1.58. The molecule has 1 nitrogen and oxygen atoms in total. The molecule has 72 valence electrons. The van der Waals surface area contributed by atoms with Crippen molar-refractivity contribution in [2.45, 2.75) is 20.8 Å². The zero-order valence-electron chi connectivity index (χ0n) is 8.88. The summed E-state index contributed by atoms with van der Waals surface area (Å²) in [5.74, 6) is 0.846. The molecule has 0 spiro atoms. The van der Waals surface area contributed by atoms with E-state index < -0.39 is 0 Å². The fourth-order valence-corrected chi connectivity index (χ4v) is 1.58. The fraction of sp³-hybridized carbons (Fsp3) is 0.500. The van der Waals surface area contributed by atoms with Crippen LogP contribution >= 0.6 is 0 Å². The molecule has 1 saturated heterocycles. The van der Waals surface area contributed by atoms with Gasteiger partial charge in [-0.05, 0) is 31.9 Å². The third-order valence-corrected chi connectivity index (χ3v) is 2.16. The second-order valence-corrected chi connectivity index (χ2v) is 3.93. The van der Waals surface area contributed by atoms with Gasteiger partial charge < -0.3 is 4.90 Å². The van der Waals surface area contributed by atoms with Crippen LogP contribution in [0.5, 0.6) is 0 Å². The first kappa shape index (κ1) is 10.1. The lowest BCUT2D eigenvalue weighted by Crippen LogP contribution is -2.43. The van der Waals surface area contributed by atoms with Crippen molar-refractivity contribution in [3.63, 3.8) is 0 Å². The Morgan fingerprint density at radius 3 is 2.46 bits per heavy atom. The first-order chi connectivity index (χ1) is 6.13. The van der Waals surface area contributed by atoms with Gasteiger partial charge in [0.05, 0.1) is 0 Å². The molecule has 0 bridgehead atoms. The third kappa shape index (κ3) is 2.76. The van der Waals surface area contributed by atoms with Crippen LogP contribution in [0, 0.1) is 5.92 Å². The van der Waals surface area contributed by atoms with E-state index in [0.29, 0.717) is 0 Å². The van der Waals surface area contributed by atoms with Crippen LogP contribution in [-0.4, -0.2) is 18.0 Å². The van der Waals surface area contributed by atoms with Crippen molar-refractivity contribution < 1.29 is 0 Å². The molecule has 0 atom stereocenters. The number of hydrogen-bond donors (Lipinski definition) is 0. The highest BCUT2D eigenvalue weighted by Crippen LogP contribution is 2.21. The van der Waals surface area contributed by atoms with Crippen molar-refractivity contribution in [3.8, 4) is 0 Å². The van der Waals surface area contributed by atoms with Gasteiger partial charge in [0.1, 0.15) is 0 Å². The molecule has 0 aromatic heterocycles. The van der Waals surface area contributed by atoms with Crippen LogP contribution in [0.15, 0.2) is 36.1 Å². The average molecular weight is 177 g/mol. The summed E-state index contributed by atoms with van der Waals surface area (Å²) in [6.45, 7) is 12.6. The van der Waals surface area contributed by atoms with Gasteiger partial charge in [-0.15, -0.1) is 0 Å². The summed E-state index contributed by atoms with van der Waals surface area (Å²) in [5, 5.41) is 0. The number of nitrogens with zero attached hydrogens (tertiary/aromatic N) is 1. The van der Waals surface area contributed by atoms with Crippen LogP contribution < -0.4 is 0 Å². The van der Waals surface area contributed by atoms with E-state index in [1.54, 1.807) is 0 Å². The molecule has 1 fully saturated rings. The highest BCUT2D eigenvalue weighted by Gasteiger charge is 2.22. The van der Waals surface area contributed by atoms with Gasteiger partial charge in [0.25, 0.3) is 0 Å². The van der Waals surface area contributed by atoms with Gasteiger partial charge in [0.2, 0.25) is 0 Å². The van der Waals surface area contributed by atoms with E-state index in [2.05, 4.69) is 43.6 Å². The number of hydrogen-bond acceptors (Lipinski definition) is 1. The molecule has 0 radical (unpaired) electrons. The SMILES string of the molecule is C=C(C)/C=C(\C=C/C)N1CC(C)C1. The summed E-state index contributed by atoms with van der Waals surface area (Å²) in [4.78, 5) is 2.39. The second-order valence-electron chi connectivity index (χ2n) is 3.93. The predicted molar refractivity (Wildman–Crippen MR) is 58.4 cm³/mol. The van der Waals surface area contributed by atoms with Gasteiger partial charge >= 0.3 is 0 Å². The summed E-state index contributed by atoms with van der Waals surface area (Å²) in [5.41, 5.74) is 2.42. The Labute approximate surface area is 81.4 Å². The molecular formula is C12H19N. The lowest BCUT2D eigenvalue weighted by molar-refractivity contribution is 0.164. The maximum atomic E-state index is 3.90. The second kappa shape index (κ2) is 4.31. The topological polar surface area (TPSA) is 3.24 Å². The van der Waals surface area contributed by atoms with E-state index in [1.807, 2.05) is 6.92 Å². The molecule has 0 saturated carbocycles. The minimum Gasteiger partial charge on any atom is -0.371 e. The molecule has 1 aliphatic rings. The Bertz CT molecular complexity index is 242. The molecule has 0 aromatic carbocycles. The van der Waals surface area contributed by atoms with Crippen LogP contribution in [0.25, 0.3) is 0 Å². The average Bonchev–Trinajstić information content (AvgIpc) is 1.97. The van der Waals surface area contributed by atoms with E-state index in [9.17, 15) is 0 Å². The lowest BCUT2D eigenvalue weighted by Gasteiger charge is -2.40. The zero-order valence-corrected chi connectivity index (χ0v) is 8.88. The molecule has 1 heterocycles. The maximum absolute atomic E-state index is 3.90. The smallest absolute Gasteiger partial charge is 0.0365 e. The molecule has 0 aliphatic carbocycles. The van der Waals surface area contributed by atoms with Gasteiger partial charge in [-0.3, -0.25) is 0 Å². The largest absolute Gasteiger partial charge is 0.371 e. The van der Waals surface area contributed by atoms with E-state index in [-0.39, 0.29) is 0 Å². The minimum absolute atomic E-state index is 0.846. The van der Waals surface area contributed by atoms with Crippen molar-refractivity contribution in [1.82, 2.24) is 4.90 Å². The van der Waals surface area contributed by atoms with E-state index in [0.717, 1.165) is 11.5 Å². The van der Waals surface area contributed by atoms with Gasteiger partial charge in [-0.1, -0.05) is 25.2 Å². The molecule has 0 N–H and O–H groups in total. The molecule has 1 heteroatoms. The van der Waals surface area contributed by atoms with Crippen molar-refractivity contribution >= 4 is 0 Å². The molecule has 0 amide bonds. The Kier molecular flexibility index (Phi) is 3.35. The lowest BCUT2D eigenvalue weighted by atomic mass is 10.0. The van der Waals surface area contributed by atoms with Crippen molar-refractivity contribution in [2.24, 2.45) is 5.92 Å². The Balaban J connectivity index is 2.63. The molecule has 0 aromatic rings. The zero-order chi connectivity index (χ0) is 9.84. The first-order valence-corrected chi connectivity index (χ1v) is 4.88. The Hall–Kier alpha value is -0.980. The summed E-state index contributed by atoms with van der Waals surface area (Å²) in [6, 6.07) is 0. The van der Waals surface area contributed by atoms with E-state index >= 15 is 0 Å². The Morgan fingerprint density at radius 1 is 1.46 bits per heavy atom. The van der Waals surface area contributed by atoms with Crippen LogP contribution in [-0.2, 0) is 0 Å². The normalized spacial score (nSPS) is 19.3. The monoisotopic (exact) mass is 177 g/mol. The molecule has 1 aliphatic heterocycles. The van der Waals surface area contributed by atoms with Gasteiger partial charge in [0, 0.05) is 18.8 Å². The quantitative estimate of drug-likeness (QED) is 0.599.